The second-order valence-corrected chi connectivity index (χ2v) is 4.42. The molecule has 0 amide bonds. The maximum Gasteiger partial charge on any atom is 0.163 e. The number of methoxy groups -OCH3 is 1. The minimum absolute atomic E-state index is 0.145. The van der Waals surface area contributed by atoms with Crippen LogP contribution in [0.2, 0.25) is 0 Å². The van der Waals surface area contributed by atoms with Gasteiger partial charge in [0, 0.05) is 19.3 Å². The van der Waals surface area contributed by atoms with Crippen molar-refractivity contribution < 1.29 is 9.84 Å². The summed E-state index contributed by atoms with van der Waals surface area (Å²) >= 11 is 0. The van der Waals surface area contributed by atoms with Gasteiger partial charge in [0.05, 0.1) is 19.0 Å². The van der Waals surface area contributed by atoms with Crippen LogP contribution >= 0.6 is 0 Å². The van der Waals surface area contributed by atoms with Crippen molar-refractivity contribution in [2.75, 3.05) is 7.11 Å². The summed E-state index contributed by atoms with van der Waals surface area (Å²) in [6.45, 7) is 4.01. The van der Waals surface area contributed by atoms with Gasteiger partial charge in [-0.15, -0.1) is 0 Å². The van der Waals surface area contributed by atoms with E-state index in [4.69, 9.17) is 4.74 Å². The molecule has 2 aromatic rings. The van der Waals surface area contributed by atoms with Crippen molar-refractivity contribution in [3.05, 3.63) is 29.8 Å². The zero-order valence-corrected chi connectivity index (χ0v) is 11.0. The van der Waals surface area contributed by atoms with Crippen molar-refractivity contribution in [2.45, 2.75) is 26.0 Å². The molecule has 0 radical (unpaired) electrons. The van der Waals surface area contributed by atoms with Crippen LogP contribution in [0.4, 0.5) is 0 Å². The van der Waals surface area contributed by atoms with E-state index in [1.54, 1.807) is 42.0 Å². The number of aliphatic hydroxyl groups is 1. The first-order chi connectivity index (χ1) is 8.56. The van der Waals surface area contributed by atoms with E-state index in [9.17, 15) is 5.11 Å². The summed E-state index contributed by atoms with van der Waals surface area (Å²) < 4.78 is 8.66. The second-order valence-electron chi connectivity index (χ2n) is 4.42. The van der Waals surface area contributed by atoms with Gasteiger partial charge in [-0.2, -0.15) is 10.2 Å². The minimum Gasteiger partial charge on any atom is -0.493 e. The first-order valence-corrected chi connectivity index (χ1v) is 5.83. The van der Waals surface area contributed by atoms with Gasteiger partial charge in [0.25, 0.3) is 0 Å². The Hall–Kier alpha value is -1.82. The smallest absolute Gasteiger partial charge is 0.163 e. The molecule has 0 saturated carbocycles. The number of aliphatic hydroxyl groups excluding tert-OH is 1. The van der Waals surface area contributed by atoms with Gasteiger partial charge in [-0.1, -0.05) is 0 Å². The van der Waals surface area contributed by atoms with E-state index in [1.807, 2.05) is 13.8 Å². The first kappa shape index (κ1) is 12.6. The fourth-order valence-corrected chi connectivity index (χ4v) is 1.98. The molecule has 0 aliphatic carbocycles. The van der Waals surface area contributed by atoms with Gasteiger partial charge >= 0.3 is 0 Å². The van der Waals surface area contributed by atoms with Crippen LogP contribution < -0.4 is 4.74 Å². The molecule has 0 fully saturated rings. The maximum absolute atomic E-state index is 10.5. The molecular formula is C12H18N4O2. The molecule has 0 bridgehead atoms. The number of hydrogen-bond donors (Lipinski definition) is 1. The summed E-state index contributed by atoms with van der Waals surface area (Å²) in [6, 6.07) is 1.92. The lowest BCUT2D eigenvalue weighted by atomic mass is 10.1. The summed E-state index contributed by atoms with van der Waals surface area (Å²) in [5, 5.41) is 18.8. The van der Waals surface area contributed by atoms with Crippen molar-refractivity contribution in [1.29, 1.82) is 0 Å². The molecule has 2 rings (SSSR count). The Labute approximate surface area is 106 Å². The Morgan fingerprint density at radius 2 is 2.06 bits per heavy atom. The maximum atomic E-state index is 10.5. The predicted molar refractivity (Wildman–Crippen MR) is 66.4 cm³/mol. The summed E-state index contributed by atoms with van der Waals surface area (Å²) in [6.07, 6.45) is 2.47. The Morgan fingerprint density at radius 3 is 2.56 bits per heavy atom. The van der Waals surface area contributed by atoms with Crippen molar-refractivity contribution in [1.82, 2.24) is 19.6 Å². The third kappa shape index (κ3) is 1.99. The fraction of sp³-hybridized carbons (Fsp3) is 0.500. The number of nitrogens with zero attached hydrogens (tertiary/aromatic N) is 4. The molecule has 6 nitrogen and oxygen atoms in total. The summed E-state index contributed by atoms with van der Waals surface area (Å²) in [5.41, 5.74) is 1.35. The highest BCUT2D eigenvalue weighted by Crippen LogP contribution is 2.31. The fourth-order valence-electron chi connectivity index (χ4n) is 1.98. The van der Waals surface area contributed by atoms with Crippen LogP contribution in [-0.2, 0) is 7.05 Å². The standard InChI is InChI=1S/C12H18N4O2/c1-8(2)16-11(10(18-4)7-14-16)12(17)9-5-6-13-15(9)3/h5-8,12,17H,1-4H3. The van der Waals surface area contributed by atoms with Crippen LogP contribution in [0.5, 0.6) is 5.75 Å². The topological polar surface area (TPSA) is 65.1 Å². The third-order valence-corrected chi connectivity index (χ3v) is 2.91. The van der Waals surface area contributed by atoms with Crippen molar-refractivity contribution in [2.24, 2.45) is 7.05 Å². The van der Waals surface area contributed by atoms with E-state index >= 15 is 0 Å². The zero-order valence-electron chi connectivity index (χ0n) is 11.0. The number of ether oxygens (including phenoxy) is 1. The molecule has 18 heavy (non-hydrogen) atoms. The van der Waals surface area contributed by atoms with E-state index in [1.165, 1.54) is 0 Å². The molecule has 98 valence electrons. The number of aryl methyl sites for hydroxylation is 1. The normalized spacial score (nSPS) is 13.0. The van der Waals surface area contributed by atoms with Gasteiger partial charge in [-0.25, -0.2) is 0 Å². The van der Waals surface area contributed by atoms with Gasteiger partial charge in [-0.3, -0.25) is 9.36 Å². The highest BCUT2D eigenvalue weighted by molar-refractivity contribution is 5.32. The number of hydrogen-bond acceptors (Lipinski definition) is 4. The van der Waals surface area contributed by atoms with Gasteiger partial charge in [-0.05, 0) is 19.9 Å². The van der Waals surface area contributed by atoms with Crippen molar-refractivity contribution in [3.63, 3.8) is 0 Å². The SMILES string of the molecule is COc1cnn(C(C)C)c1C(O)c1ccnn1C. The lowest BCUT2D eigenvalue weighted by molar-refractivity contribution is 0.190. The molecule has 0 aromatic carbocycles. The van der Waals surface area contributed by atoms with Crippen molar-refractivity contribution >= 4 is 0 Å². The molecule has 2 aromatic heterocycles. The Balaban J connectivity index is 2.49. The first-order valence-electron chi connectivity index (χ1n) is 5.83. The van der Waals surface area contributed by atoms with Gasteiger partial charge in [0.15, 0.2) is 5.75 Å². The number of aromatic nitrogens is 4. The molecule has 0 aliphatic rings. The van der Waals surface area contributed by atoms with E-state index in [0.717, 1.165) is 0 Å². The van der Waals surface area contributed by atoms with Crippen LogP contribution in [0.15, 0.2) is 18.5 Å². The van der Waals surface area contributed by atoms with E-state index < -0.39 is 6.10 Å². The van der Waals surface area contributed by atoms with Crippen LogP contribution in [0, 0.1) is 0 Å². The van der Waals surface area contributed by atoms with E-state index in [2.05, 4.69) is 10.2 Å². The minimum atomic E-state index is -0.808. The lowest BCUT2D eigenvalue weighted by Gasteiger charge is -2.17. The van der Waals surface area contributed by atoms with Crippen molar-refractivity contribution in [3.8, 4) is 5.75 Å². The Bertz CT molecular complexity index is 530. The molecule has 0 spiro atoms. The molecule has 0 saturated heterocycles. The number of rotatable bonds is 4. The highest BCUT2D eigenvalue weighted by atomic mass is 16.5. The van der Waals surface area contributed by atoms with Gasteiger partial charge < -0.3 is 9.84 Å². The molecule has 0 aliphatic heterocycles. The highest BCUT2D eigenvalue weighted by Gasteiger charge is 2.24. The average molecular weight is 250 g/mol. The molecular weight excluding hydrogens is 232 g/mol. The summed E-state index contributed by atoms with van der Waals surface area (Å²) in [4.78, 5) is 0. The van der Waals surface area contributed by atoms with Crippen LogP contribution in [0.3, 0.4) is 0 Å². The molecule has 1 N–H and O–H groups in total. The molecule has 1 unspecified atom stereocenters. The average Bonchev–Trinajstić information content (AvgIpc) is 2.93. The summed E-state index contributed by atoms with van der Waals surface area (Å²) in [7, 11) is 3.36. The Morgan fingerprint density at radius 1 is 1.33 bits per heavy atom. The van der Waals surface area contributed by atoms with Gasteiger partial charge in [0.1, 0.15) is 11.8 Å². The quantitative estimate of drug-likeness (QED) is 0.888. The third-order valence-electron chi connectivity index (χ3n) is 2.91. The van der Waals surface area contributed by atoms with Crippen LogP contribution in [0.1, 0.15) is 37.4 Å². The monoisotopic (exact) mass is 250 g/mol. The predicted octanol–water partition coefficient (Wildman–Crippen LogP) is 1.29. The lowest BCUT2D eigenvalue weighted by Crippen LogP contribution is -2.15. The summed E-state index contributed by atoms with van der Waals surface area (Å²) in [5.74, 6) is 0.581. The van der Waals surface area contributed by atoms with E-state index in [0.29, 0.717) is 17.1 Å². The zero-order chi connectivity index (χ0) is 13.3. The molecule has 1 atom stereocenters. The van der Waals surface area contributed by atoms with Gasteiger partial charge in [0.2, 0.25) is 0 Å². The molecule has 6 heteroatoms. The largest absolute Gasteiger partial charge is 0.493 e. The second kappa shape index (κ2) is 4.81. The van der Waals surface area contributed by atoms with E-state index in [-0.39, 0.29) is 6.04 Å². The Kier molecular flexibility index (Phi) is 3.38. The van der Waals surface area contributed by atoms with Crippen LogP contribution in [0.25, 0.3) is 0 Å². The molecule has 2 heterocycles. The van der Waals surface area contributed by atoms with Crippen LogP contribution in [-0.4, -0.2) is 31.8 Å².